The number of benzene rings is 1. The van der Waals surface area contributed by atoms with E-state index in [1.165, 1.54) is 5.56 Å². The molecule has 2 aromatic rings. The molecule has 0 N–H and O–H groups in total. The van der Waals surface area contributed by atoms with Crippen molar-refractivity contribution in [2.24, 2.45) is 11.3 Å². The summed E-state index contributed by atoms with van der Waals surface area (Å²) >= 11 is 0. The molecule has 2 atom stereocenters. The van der Waals surface area contributed by atoms with E-state index in [0.29, 0.717) is 18.0 Å². The Hall–Kier alpha value is -2.46. The highest BCUT2D eigenvalue weighted by Gasteiger charge is 2.51. The van der Waals surface area contributed by atoms with Crippen LogP contribution < -0.4 is 4.48 Å². The van der Waals surface area contributed by atoms with Crippen molar-refractivity contribution in [3.8, 4) is 0 Å². The zero-order valence-electron chi connectivity index (χ0n) is 16.9. The number of likely N-dealkylation sites (N-methyl/N-ethyl adjacent to an activating group) is 1. The number of carbonyl (C=O) groups is 1. The van der Waals surface area contributed by atoms with Gasteiger partial charge in [0.15, 0.2) is 5.69 Å². The first kappa shape index (κ1) is 19.3. The van der Waals surface area contributed by atoms with E-state index in [1.54, 1.807) is 6.20 Å². The standard InChI is InChI=1S/C23H30N3O/c1-7-23(4)13-21(23)17(2)18(3)22(27)26(5,6)20-14-24-25(16-20)15-19-11-9-8-10-12-19/h8-12,14,16,21H,2-3,7,13,15H2,1,4-6H3/q+1. The van der Waals surface area contributed by atoms with Gasteiger partial charge in [-0.3, -0.25) is 4.68 Å². The van der Waals surface area contributed by atoms with Crippen LogP contribution in [-0.4, -0.2) is 29.8 Å². The summed E-state index contributed by atoms with van der Waals surface area (Å²) in [7, 11) is 3.77. The smallest absolute Gasteiger partial charge is 0.262 e. The third-order valence-corrected chi connectivity index (χ3v) is 6.19. The second-order valence-corrected chi connectivity index (χ2v) is 8.41. The Kier molecular flexibility index (Phi) is 4.96. The van der Waals surface area contributed by atoms with Crippen LogP contribution in [0.5, 0.6) is 0 Å². The lowest BCUT2D eigenvalue weighted by molar-refractivity contribution is -0.123. The minimum Gasteiger partial charge on any atom is -0.262 e. The van der Waals surface area contributed by atoms with Gasteiger partial charge < -0.3 is 0 Å². The van der Waals surface area contributed by atoms with Crippen molar-refractivity contribution < 1.29 is 4.79 Å². The molecular weight excluding hydrogens is 334 g/mol. The minimum atomic E-state index is -0.0235. The molecule has 1 amide bonds. The topological polar surface area (TPSA) is 34.9 Å². The average Bonchev–Trinajstić information content (AvgIpc) is 3.12. The maximum absolute atomic E-state index is 13.2. The Labute approximate surface area is 162 Å². The molecule has 1 saturated carbocycles. The normalized spacial score (nSPS) is 21.7. The van der Waals surface area contributed by atoms with Crippen LogP contribution in [0.3, 0.4) is 0 Å². The molecule has 1 heterocycles. The first-order chi connectivity index (χ1) is 12.7. The fraction of sp³-hybridized carbons (Fsp3) is 0.391. The molecule has 4 nitrogen and oxygen atoms in total. The van der Waals surface area contributed by atoms with E-state index < -0.39 is 0 Å². The van der Waals surface area contributed by atoms with E-state index >= 15 is 0 Å². The summed E-state index contributed by atoms with van der Waals surface area (Å²) in [5, 5.41) is 4.44. The third kappa shape index (κ3) is 3.67. The van der Waals surface area contributed by atoms with Crippen LogP contribution in [0.2, 0.25) is 0 Å². The van der Waals surface area contributed by atoms with Gasteiger partial charge in [-0.25, -0.2) is 9.28 Å². The Morgan fingerprint density at radius 3 is 2.56 bits per heavy atom. The van der Waals surface area contributed by atoms with E-state index in [0.717, 1.165) is 24.1 Å². The van der Waals surface area contributed by atoms with E-state index in [1.807, 2.05) is 43.2 Å². The highest BCUT2D eigenvalue weighted by molar-refractivity contribution is 6.04. The van der Waals surface area contributed by atoms with E-state index in [-0.39, 0.29) is 15.8 Å². The molecule has 4 heteroatoms. The molecule has 2 unspecified atom stereocenters. The number of amides is 1. The zero-order chi connectivity index (χ0) is 19.8. The van der Waals surface area contributed by atoms with Crippen molar-refractivity contribution in [3.63, 3.8) is 0 Å². The first-order valence-corrected chi connectivity index (χ1v) is 9.53. The van der Waals surface area contributed by atoms with Crippen LogP contribution in [0.25, 0.3) is 0 Å². The van der Waals surface area contributed by atoms with Crippen molar-refractivity contribution in [2.45, 2.75) is 33.2 Å². The van der Waals surface area contributed by atoms with Gasteiger partial charge in [0.2, 0.25) is 0 Å². The van der Waals surface area contributed by atoms with Crippen LogP contribution in [0.1, 0.15) is 32.3 Å². The molecule has 0 radical (unpaired) electrons. The van der Waals surface area contributed by atoms with Gasteiger partial charge in [0.05, 0.1) is 32.4 Å². The largest absolute Gasteiger partial charge is 0.350 e. The Bertz CT molecular complexity index is 878. The lowest BCUT2D eigenvalue weighted by atomic mass is 9.94. The second-order valence-electron chi connectivity index (χ2n) is 8.41. The molecule has 0 spiro atoms. The van der Waals surface area contributed by atoms with E-state index in [4.69, 9.17) is 0 Å². The van der Waals surface area contributed by atoms with Crippen molar-refractivity contribution in [2.75, 3.05) is 14.1 Å². The molecule has 1 aromatic carbocycles. The molecule has 3 rings (SSSR count). The van der Waals surface area contributed by atoms with Gasteiger partial charge in [0, 0.05) is 0 Å². The predicted molar refractivity (Wildman–Crippen MR) is 111 cm³/mol. The molecule has 1 aromatic heterocycles. The number of hydrogen-bond acceptors (Lipinski definition) is 2. The molecule has 1 aliphatic carbocycles. The van der Waals surface area contributed by atoms with Crippen LogP contribution in [0.4, 0.5) is 5.69 Å². The van der Waals surface area contributed by atoms with Gasteiger partial charge in [-0.1, -0.05) is 63.8 Å². The Morgan fingerprint density at radius 1 is 1.30 bits per heavy atom. The molecule has 142 valence electrons. The summed E-state index contributed by atoms with van der Waals surface area (Å²) in [6, 6.07) is 10.2. The number of rotatable bonds is 7. The summed E-state index contributed by atoms with van der Waals surface area (Å²) in [6.07, 6.45) is 5.90. The summed E-state index contributed by atoms with van der Waals surface area (Å²) in [5.41, 5.74) is 3.73. The fourth-order valence-corrected chi connectivity index (χ4v) is 3.64. The molecule has 0 saturated heterocycles. The average molecular weight is 365 g/mol. The summed E-state index contributed by atoms with van der Waals surface area (Å²) in [4.78, 5) is 13.2. The van der Waals surface area contributed by atoms with Crippen molar-refractivity contribution in [3.05, 3.63) is 72.6 Å². The van der Waals surface area contributed by atoms with Gasteiger partial charge in [-0.15, -0.1) is 0 Å². The lowest BCUT2D eigenvalue weighted by Crippen LogP contribution is -2.47. The number of aromatic nitrogens is 2. The highest BCUT2D eigenvalue weighted by atomic mass is 16.2. The van der Waals surface area contributed by atoms with Crippen LogP contribution in [-0.2, 0) is 11.3 Å². The third-order valence-electron chi connectivity index (χ3n) is 6.19. The molecule has 0 bridgehead atoms. The number of nitrogens with zero attached hydrogens (tertiary/aromatic N) is 3. The number of quaternary nitrogens is 1. The van der Waals surface area contributed by atoms with Gasteiger partial charge in [0.25, 0.3) is 0 Å². The van der Waals surface area contributed by atoms with Crippen molar-refractivity contribution in [1.29, 1.82) is 0 Å². The monoisotopic (exact) mass is 364 g/mol. The quantitative estimate of drug-likeness (QED) is 0.410. The Balaban J connectivity index is 1.73. The molecule has 0 aliphatic heterocycles. The van der Waals surface area contributed by atoms with Crippen LogP contribution in [0.15, 0.2) is 67.0 Å². The number of carbonyl (C=O) groups excluding carboxylic acids is 1. The predicted octanol–water partition coefficient (Wildman–Crippen LogP) is 4.57. The van der Waals surface area contributed by atoms with Crippen molar-refractivity contribution >= 4 is 11.6 Å². The molecular formula is C23H30N3O+. The van der Waals surface area contributed by atoms with E-state index in [9.17, 15) is 4.79 Å². The highest BCUT2D eigenvalue weighted by Crippen LogP contribution is 2.59. The second kappa shape index (κ2) is 6.93. The first-order valence-electron chi connectivity index (χ1n) is 9.53. The molecule has 1 fully saturated rings. The van der Waals surface area contributed by atoms with Gasteiger partial charge in [-0.05, 0) is 28.9 Å². The summed E-state index contributed by atoms with van der Waals surface area (Å²) in [6.45, 7) is 13.4. The lowest BCUT2D eigenvalue weighted by Gasteiger charge is -2.26. The fourth-order valence-electron chi connectivity index (χ4n) is 3.64. The maximum atomic E-state index is 13.2. The van der Waals surface area contributed by atoms with Gasteiger partial charge in [-0.2, -0.15) is 5.10 Å². The maximum Gasteiger partial charge on any atom is 0.350 e. The van der Waals surface area contributed by atoms with Crippen molar-refractivity contribution in [1.82, 2.24) is 14.3 Å². The summed E-state index contributed by atoms with van der Waals surface area (Å²) < 4.78 is 1.95. The van der Waals surface area contributed by atoms with Crippen LogP contribution in [0, 0.1) is 11.3 Å². The SMILES string of the molecule is C=C(C(=C)C1CC1(C)CC)C(=O)[N+](C)(C)c1cnn(Cc2ccccc2)c1. The van der Waals surface area contributed by atoms with Gasteiger partial charge in [0.1, 0.15) is 6.20 Å². The zero-order valence-corrected chi connectivity index (χ0v) is 16.9. The van der Waals surface area contributed by atoms with Gasteiger partial charge >= 0.3 is 5.91 Å². The molecule has 1 aliphatic rings. The Morgan fingerprint density at radius 2 is 1.96 bits per heavy atom. The van der Waals surface area contributed by atoms with E-state index in [2.05, 4.69) is 44.2 Å². The number of hydrogen-bond donors (Lipinski definition) is 0. The minimum absolute atomic E-state index is 0.0235. The molecule has 27 heavy (non-hydrogen) atoms. The summed E-state index contributed by atoms with van der Waals surface area (Å²) in [5.74, 6) is 0.351. The van der Waals surface area contributed by atoms with Crippen LogP contribution >= 0.6 is 0 Å².